The van der Waals surface area contributed by atoms with Gasteiger partial charge in [0, 0.05) is 31.7 Å². The van der Waals surface area contributed by atoms with Crippen molar-refractivity contribution in [1.29, 1.82) is 0 Å². The van der Waals surface area contributed by atoms with E-state index in [2.05, 4.69) is 0 Å². The van der Waals surface area contributed by atoms with E-state index in [0.717, 1.165) is 25.7 Å². The molecule has 0 saturated carbocycles. The monoisotopic (exact) mass is 456 g/mol. The Balaban J connectivity index is 1.82. The average molecular weight is 457 g/mol. The summed E-state index contributed by atoms with van der Waals surface area (Å²) in [4.78, 5) is 26.7. The van der Waals surface area contributed by atoms with E-state index in [-0.39, 0.29) is 39.8 Å². The van der Waals surface area contributed by atoms with Gasteiger partial charge >= 0.3 is 5.97 Å². The molecule has 0 spiro atoms. The lowest BCUT2D eigenvalue weighted by molar-refractivity contribution is -0.149. The molecule has 0 N–H and O–H groups in total. The van der Waals surface area contributed by atoms with Crippen molar-refractivity contribution in [3.05, 3.63) is 28.8 Å². The fourth-order valence-electron chi connectivity index (χ4n) is 4.05. The highest BCUT2D eigenvalue weighted by Crippen LogP contribution is 2.29. The van der Waals surface area contributed by atoms with E-state index in [9.17, 15) is 18.0 Å². The minimum absolute atomic E-state index is 0.0316. The molecule has 0 aliphatic carbocycles. The second-order valence-corrected chi connectivity index (χ2v) is 10.1. The molecule has 9 heteroatoms. The van der Waals surface area contributed by atoms with E-state index in [1.807, 2.05) is 0 Å². The van der Waals surface area contributed by atoms with Crippen molar-refractivity contribution in [2.45, 2.75) is 50.3 Å². The molecule has 1 aromatic carbocycles. The number of nitrogens with zero attached hydrogens (tertiary/aromatic N) is 2. The number of sulfonamides is 1. The largest absolute Gasteiger partial charge is 0.466 e. The summed E-state index contributed by atoms with van der Waals surface area (Å²) in [5.74, 6) is -0.946. The van der Waals surface area contributed by atoms with E-state index >= 15 is 0 Å². The third kappa shape index (κ3) is 5.15. The summed E-state index contributed by atoms with van der Waals surface area (Å²) in [7, 11) is -3.78. The minimum Gasteiger partial charge on any atom is -0.466 e. The third-order valence-electron chi connectivity index (χ3n) is 5.69. The average Bonchev–Trinajstić information content (AvgIpc) is 3.04. The zero-order valence-corrected chi connectivity index (χ0v) is 18.9. The molecule has 2 aliphatic heterocycles. The van der Waals surface area contributed by atoms with Gasteiger partial charge in [0.05, 0.1) is 17.5 Å². The topological polar surface area (TPSA) is 84.0 Å². The van der Waals surface area contributed by atoms with E-state index in [1.54, 1.807) is 17.9 Å². The lowest BCUT2D eigenvalue weighted by Crippen LogP contribution is -2.43. The van der Waals surface area contributed by atoms with Crippen LogP contribution in [0, 0.1) is 5.92 Å². The van der Waals surface area contributed by atoms with E-state index in [0.29, 0.717) is 39.1 Å². The molecule has 3 rings (SSSR count). The van der Waals surface area contributed by atoms with E-state index in [4.69, 9.17) is 16.3 Å². The molecule has 0 unspecified atom stereocenters. The zero-order chi connectivity index (χ0) is 21.7. The number of hydrogen-bond donors (Lipinski definition) is 0. The van der Waals surface area contributed by atoms with Gasteiger partial charge < -0.3 is 9.64 Å². The standard InChI is InChI=1S/C21H29ClN2O5S/c1-2-29-21(26)17-8-7-11-23(15-17)20(25)16-9-10-18(22)19(14-16)30(27,28)24-12-5-3-4-6-13-24/h9-10,14,17H,2-8,11-13,15H2,1H3/t17-/m0/s1. The molecule has 0 aromatic heterocycles. The number of hydrogen-bond acceptors (Lipinski definition) is 5. The SMILES string of the molecule is CCOC(=O)[C@H]1CCCN(C(=O)c2ccc(Cl)c(S(=O)(=O)N3CCCCCC3)c2)C1. The Morgan fingerprint density at radius 1 is 1.10 bits per heavy atom. The number of halogens is 1. The van der Waals surface area contributed by atoms with Gasteiger partial charge in [0.15, 0.2) is 0 Å². The van der Waals surface area contributed by atoms with Gasteiger partial charge in [-0.1, -0.05) is 24.4 Å². The van der Waals surface area contributed by atoms with Crippen LogP contribution in [0.15, 0.2) is 23.1 Å². The maximum Gasteiger partial charge on any atom is 0.310 e. The number of esters is 1. The highest BCUT2D eigenvalue weighted by atomic mass is 35.5. The molecule has 1 aromatic rings. The molecule has 2 heterocycles. The molecule has 0 bridgehead atoms. The molecule has 7 nitrogen and oxygen atoms in total. The van der Waals surface area contributed by atoms with E-state index < -0.39 is 10.0 Å². The maximum absolute atomic E-state index is 13.2. The Hall–Kier alpha value is -1.64. The van der Waals surface area contributed by atoms with Crippen LogP contribution in [0.25, 0.3) is 0 Å². The van der Waals surface area contributed by atoms with Gasteiger partial charge in [-0.05, 0) is 50.8 Å². The van der Waals surface area contributed by atoms with Crippen LogP contribution in [0.1, 0.15) is 55.8 Å². The minimum atomic E-state index is -3.78. The third-order valence-corrected chi connectivity index (χ3v) is 8.07. The Labute approximate surface area is 183 Å². The quantitative estimate of drug-likeness (QED) is 0.634. The first-order valence-electron chi connectivity index (χ1n) is 10.6. The fraction of sp³-hybridized carbons (Fsp3) is 0.619. The Bertz CT molecular complexity index is 881. The molecule has 166 valence electrons. The van der Waals surface area contributed by atoms with Crippen molar-refractivity contribution in [2.75, 3.05) is 32.8 Å². The summed E-state index contributed by atoms with van der Waals surface area (Å²) in [5, 5.41) is 0.110. The number of piperidine rings is 1. The number of carbonyl (C=O) groups is 2. The highest BCUT2D eigenvalue weighted by Gasteiger charge is 2.32. The van der Waals surface area contributed by atoms with Crippen LogP contribution in [0.4, 0.5) is 0 Å². The summed E-state index contributed by atoms with van der Waals surface area (Å²) in [5.41, 5.74) is 0.261. The lowest BCUT2D eigenvalue weighted by atomic mass is 9.97. The van der Waals surface area contributed by atoms with Gasteiger partial charge in [-0.2, -0.15) is 4.31 Å². The highest BCUT2D eigenvalue weighted by molar-refractivity contribution is 7.89. The van der Waals surface area contributed by atoms with Crippen molar-refractivity contribution in [1.82, 2.24) is 9.21 Å². The van der Waals surface area contributed by atoms with Crippen LogP contribution in [-0.2, 0) is 19.6 Å². The molecular weight excluding hydrogens is 428 g/mol. The Kier molecular flexibility index (Phi) is 7.76. The first kappa shape index (κ1) is 23.0. The summed E-state index contributed by atoms with van der Waals surface area (Å²) in [6.45, 7) is 3.77. The van der Waals surface area contributed by atoms with Crippen LogP contribution < -0.4 is 0 Å². The number of carbonyl (C=O) groups excluding carboxylic acids is 2. The smallest absolute Gasteiger partial charge is 0.310 e. The van der Waals surface area contributed by atoms with Crippen molar-refractivity contribution in [3.8, 4) is 0 Å². The number of rotatable bonds is 5. The number of likely N-dealkylation sites (tertiary alicyclic amines) is 1. The van der Waals surface area contributed by atoms with Gasteiger partial charge in [0.2, 0.25) is 10.0 Å². The van der Waals surface area contributed by atoms with Crippen molar-refractivity contribution in [2.24, 2.45) is 5.92 Å². The Morgan fingerprint density at radius 2 is 1.80 bits per heavy atom. The fourth-order valence-corrected chi connectivity index (χ4v) is 6.07. The summed E-state index contributed by atoms with van der Waals surface area (Å²) < 4.78 is 32.9. The van der Waals surface area contributed by atoms with Crippen LogP contribution in [0.2, 0.25) is 5.02 Å². The van der Waals surface area contributed by atoms with Gasteiger partial charge in [-0.25, -0.2) is 8.42 Å². The maximum atomic E-state index is 13.2. The Morgan fingerprint density at radius 3 is 2.47 bits per heavy atom. The molecule has 1 amide bonds. The van der Waals surface area contributed by atoms with Crippen molar-refractivity contribution in [3.63, 3.8) is 0 Å². The lowest BCUT2D eigenvalue weighted by Gasteiger charge is -2.31. The van der Waals surface area contributed by atoms with Gasteiger partial charge in [-0.3, -0.25) is 9.59 Å². The molecule has 2 saturated heterocycles. The van der Waals surface area contributed by atoms with Gasteiger partial charge in [0.25, 0.3) is 5.91 Å². The van der Waals surface area contributed by atoms with Crippen molar-refractivity contribution < 1.29 is 22.7 Å². The second-order valence-electron chi connectivity index (χ2n) is 7.81. The second kappa shape index (κ2) is 10.1. The normalized spacial score (nSPS) is 21.1. The first-order chi connectivity index (χ1) is 14.3. The van der Waals surface area contributed by atoms with Gasteiger partial charge in [0.1, 0.15) is 4.90 Å². The summed E-state index contributed by atoms with van der Waals surface area (Å²) in [6.07, 6.45) is 5.03. The predicted molar refractivity (Wildman–Crippen MR) is 114 cm³/mol. The molecule has 2 fully saturated rings. The van der Waals surface area contributed by atoms with Crippen LogP contribution >= 0.6 is 11.6 Å². The first-order valence-corrected chi connectivity index (χ1v) is 12.4. The number of amides is 1. The molecule has 0 radical (unpaired) electrons. The van der Waals surface area contributed by atoms with Gasteiger partial charge in [-0.15, -0.1) is 0 Å². The van der Waals surface area contributed by atoms with Crippen LogP contribution in [-0.4, -0.2) is 62.3 Å². The molecule has 30 heavy (non-hydrogen) atoms. The van der Waals surface area contributed by atoms with Crippen LogP contribution in [0.3, 0.4) is 0 Å². The van der Waals surface area contributed by atoms with Crippen LogP contribution in [0.5, 0.6) is 0 Å². The summed E-state index contributed by atoms with van der Waals surface area (Å²) >= 11 is 6.24. The molecule has 1 atom stereocenters. The van der Waals surface area contributed by atoms with Crippen molar-refractivity contribution >= 4 is 33.5 Å². The molecule has 2 aliphatic rings. The predicted octanol–water partition coefficient (Wildman–Crippen LogP) is 3.32. The number of ether oxygens (including phenoxy) is 1. The molecular formula is C21H29ClN2O5S. The van der Waals surface area contributed by atoms with E-state index in [1.165, 1.54) is 16.4 Å². The zero-order valence-electron chi connectivity index (χ0n) is 17.3. The number of benzene rings is 1. The summed E-state index contributed by atoms with van der Waals surface area (Å²) in [6, 6.07) is 4.38.